The van der Waals surface area contributed by atoms with Crippen molar-refractivity contribution < 1.29 is 14.6 Å². The number of aromatic nitrogens is 2. The van der Waals surface area contributed by atoms with Gasteiger partial charge in [-0.2, -0.15) is 0 Å². The van der Waals surface area contributed by atoms with Gasteiger partial charge in [0.25, 0.3) is 0 Å². The molecule has 5 nitrogen and oxygen atoms in total. The van der Waals surface area contributed by atoms with Crippen molar-refractivity contribution in [1.29, 1.82) is 0 Å². The Labute approximate surface area is 102 Å². The summed E-state index contributed by atoms with van der Waals surface area (Å²) in [6.07, 6.45) is 1.06. The lowest BCUT2D eigenvalue weighted by molar-refractivity contribution is -0.141. The van der Waals surface area contributed by atoms with E-state index in [1.807, 2.05) is 0 Å². The number of hydrogen-bond donors (Lipinski definition) is 1. The van der Waals surface area contributed by atoms with E-state index in [1.165, 1.54) is 6.07 Å². The minimum atomic E-state index is -0.852. The number of halogens is 2. The molecule has 86 valence electrons. The Morgan fingerprint density at radius 2 is 2.25 bits per heavy atom. The number of rotatable bonds is 3. The third-order valence-corrected chi connectivity index (χ3v) is 1.99. The van der Waals surface area contributed by atoms with Crippen LogP contribution in [-0.4, -0.2) is 27.9 Å². The van der Waals surface area contributed by atoms with E-state index in [4.69, 9.17) is 23.2 Å². The van der Waals surface area contributed by atoms with Gasteiger partial charge in [0.05, 0.1) is 11.6 Å². The van der Waals surface area contributed by atoms with Crippen molar-refractivity contribution >= 4 is 35.2 Å². The molecule has 1 N–H and O–H groups in total. The number of aliphatic hydroxyl groups is 1. The maximum atomic E-state index is 11.1. The van der Waals surface area contributed by atoms with Crippen molar-refractivity contribution in [1.82, 2.24) is 10.2 Å². The van der Waals surface area contributed by atoms with Gasteiger partial charge in [0.1, 0.15) is 5.69 Å². The molecule has 0 fully saturated rings. The van der Waals surface area contributed by atoms with Gasteiger partial charge in [-0.15, -0.1) is 10.2 Å². The molecule has 0 unspecified atom stereocenters. The van der Waals surface area contributed by atoms with E-state index in [0.717, 1.165) is 6.08 Å². The van der Waals surface area contributed by atoms with Gasteiger partial charge in [-0.1, -0.05) is 23.2 Å². The van der Waals surface area contributed by atoms with Crippen LogP contribution in [0.1, 0.15) is 12.6 Å². The van der Waals surface area contributed by atoms with E-state index < -0.39 is 11.7 Å². The van der Waals surface area contributed by atoms with Gasteiger partial charge < -0.3 is 9.84 Å². The second kappa shape index (κ2) is 5.67. The number of ether oxygens (including phenoxy) is 1. The van der Waals surface area contributed by atoms with Crippen molar-refractivity contribution in [2.24, 2.45) is 0 Å². The van der Waals surface area contributed by atoms with Gasteiger partial charge in [0, 0.05) is 6.08 Å². The quantitative estimate of drug-likeness (QED) is 0.514. The first-order valence-electron chi connectivity index (χ1n) is 4.31. The molecule has 1 heterocycles. The molecule has 0 aliphatic rings. The topological polar surface area (TPSA) is 72.3 Å². The zero-order valence-electron chi connectivity index (χ0n) is 8.28. The lowest BCUT2D eigenvalue weighted by atomic mass is 10.3. The van der Waals surface area contributed by atoms with E-state index in [9.17, 15) is 9.90 Å². The van der Waals surface area contributed by atoms with Crippen LogP contribution in [0.4, 0.5) is 0 Å². The van der Waals surface area contributed by atoms with Crippen LogP contribution in [0.2, 0.25) is 10.2 Å². The molecular weight excluding hydrogens is 255 g/mol. The third-order valence-electron chi connectivity index (χ3n) is 1.50. The maximum Gasteiger partial charge on any atom is 0.373 e. The number of carbonyl (C=O) groups is 1. The van der Waals surface area contributed by atoms with Crippen molar-refractivity contribution in [2.75, 3.05) is 6.61 Å². The van der Waals surface area contributed by atoms with Gasteiger partial charge in [-0.05, 0) is 13.0 Å². The van der Waals surface area contributed by atoms with Crippen LogP contribution in [0.15, 0.2) is 11.8 Å². The maximum absolute atomic E-state index is 11.1. The second-order valence-electron chi connectivity index (χ2n) is 2.65. The van der Waals surface area contributed by atoms with Gasteiger partial charge in [-0.3, -0.25) is 0 Å². The molecule has 1 aromatic rings. The van der Waals surface area contributed by atoms with Crippen molar-refractivity contribution in [3.63, 3.8) is 0 Å². The van der Waals surface area contributed by atoms with Crippen LogP contribution in [0.5, 0.6) is 0 Å². The van der Waals surface area contributed by atoms with Crippen LogP contribution in [0.25, 0.3) is 6.08 Å². The first-order chi connectivity index (χ1) is 7.54. The summed E-state index contributed by atoms with van der Waals surface area (Å²) in [5, 5.41) is 16.7. The fraction of sp³-hybridized carbons (Fsp3) is 0.222. The number of nitrogens with zero attached hydrogens (tertiary/aromatic N) is 2. The molecule has 0 saturated carbocycles. The Morgan fingerprint density at radius 3 is 2.81 bits per heavy atom. The van der Waals surface area contributed by atoms with E-state index in [2.05, 4.69) is 14.9 Å². The minimum absolute atomic E-state index is 0.123. The zero-order valence-corrected chi connectivity index (χ0v) is 9.79. The van der Waals surface area contributed by atoms with E-state index >= 15 is 0 Å². The molecule has 0 aliphatic heterocycles. The summed E-state index contributed by atoms with van der Waals surface area (Å²) in [5.74, 6) is -1.45. The molecule has 16 heavy (non-hydrogen) atoms. The molecule has 0 aliphatic carbocycles. The molecule has 0 atom stereocenters. The van der Waals surface area contributed by atoms with Gasteiger partial charge in [0.15, 0.2) is 5.15 Å². The lowest BCUT2D eigenvalue weighted by Crippen LogP contribution is -2.07. The summed E-state index contributed by atoms with van der Waals surface area (Å²) in [7, 11) is 0. The Kier molecular flexibility index (Phi) is 4.52. The standard InChI is InChI=1S/C9H8Cl2N2O3/c1-2-16-9(15)7(14)4-6-5(10)3-8(11)13-12-6/h3-4,14H,2H2,1H3/b7-4-. The van der Waals surface area contributed by atoms with E-state index in [-0.39, 0.29) is 22.5 Å². The fourth-order valence-electron chi connectivity index (χ4n) is 0.848. The van der Waals surface area contributed by atoms with Crippen LogP contribution < -0.4 is 0 Å². The molecule has 0 spiro atoms. The van der Waals surface area contributed by atoms with Gasteiger partial charge in [-0.25, -0.2) is 4.79 Å². The van der Waals surface area contributed by atoms with Crippen molar-refractivity contribution in [3.05, 3.63) is 27.7 Å². The fourth-order valence-corrected chi connectivity index (χ4v) is 1.25. The predicted octanol–water partition coefficient (Wildman–Crippen LogP) is 2.25. The summed E-state index contributed by atoms with van der Waals surface area (Å²) in [6.45, 7) is 1.79. The van der Waals surface area contributed by atoms with Crippen LogP contribution in [-0.2, 0) is 9.53 Å². The average molecular weight is 263 g/mol. The van der Waals surface area contributed by atoms with Crippen molar-refractivity contribution in [2.45, 2.75) is 6.92 Å². The molecule has 0 bridgehead atoms. The molecule has 0 aromatic carbocycles. The van der Waals surface area contributed by atoms with Crippen LogP contribution in [0.3, 0.4) is 0 Å². The molecule has 1 aromatic heterocycles. The Morgan fingerprint density at radius 1 is 1.56 bits per heavy atom. The summed E-state index contributed by atoms with van der Waals surface area (Å²) in [4.78, 5) is 11.1. The number of hydrogen-bond acceptors (Lipinski definition) is 5. The normalized spacial score (nSPS) is 11.3. The lowest BCUT2D eigenvalue weighted by Gasteiger charge is -2.00. The Balaban J connectivity index is 2.94. The molecule has 0 saturated heterocycles. The summed E-state index contributed by atoms with van der Waals surface area (Å²) in [6, 6.07) is 1.35. The number of esters is 1. The highest BCUT2D eigenvalue weighted by Gasteiger charge is 2.10. The van der Waals surface area contributed by atoms with E-state index in [1.54, 1.807) is 6.92 Å². The highest BCUT2D eigenvalue weighted by atomic mass is 35.5. The van der Waals surface area contributed by atoms with Crippen molar-refractivity contribution in [3.8, 4) is 0 Å². The Bertz CT molecular complexity index is 435. The Hall–Kier alpha value is -1.33. The van der Waals surface area contributed by atoms with Crippen LogP contribution >= 0.6 is 23.2 Å². The largest absolute Gasteiger partial charge is 0.502 e. The summed E-state index contributed by atoms with van der Waals surface area (Å²) in [5.41, 5.74) is 0.136. The van der Waals surface area contributed by atoms with Gasteiger partial charge >= 0.3 is 5.97 Å². The summed E-state index contributed by atoms with van der Waals surface area (Å²) >= 11 is 11.3. The van der Waals surface area contributed by atoms with Crippen LogP contribution in [0, 0.1) is 0 Å². The number of carbonyl (C=O) groups excluding carboxylic acids is 1. The first kappa shape index (κ1) is 12.7. The zero-order chi connectivity index (χ0) is 12.1. The second-order valence-corrected chi connectivity index (χ2v) is 3.44. The molecule has 0 amide bonds. The minimum Gasteiger partial charge on any atom is -0.502 e. The SMILES string of the molecule is CCOC(=O)/C(O)=C/c1nnc(Cl)cc1Cl. The van der Waals surface area contributed by atoms with Gasteiger partial charge in [0.2, 0.25) is 5.76 Å². The molecule has 7 heteroatoms. The smallest absolute Gasteiger partial charge is 0.373 e. The highest BCUT2D eigenvalue weighted by molar-refractivity contribution is 6.34. The highest BCUT2D eigenvalue weighted by Crippen LogP contribution is 2.18. The third kappa shape index (κ3) is 3.36. The van der Waals surface area contributed by atoms with E-state index in [0.29, 0.717) is 0 Å². The predicted molar refractivity (Wildman–Crippen MR) is 59.3 cm³/mol. The summed E-state index contributed by atoms with van der Waals surface area (Å²) < 4.78 is 4.56. The molecular formula is C9H8Cl2N2O3. The molecule has 0 radical (unpaired) electrons. The monoisotopic (exact) mass is 262 g/mol. The average Bonchev–Trinajstić information content (AvgIpc) is 2.22. The molecule has 1 rings (SSSR count). The number of aliphatic hydroxyl groups excluding tert-OH is 1. The first-order valence-corrected chi connectivity index (χ1v) is 5.06.